The number of carbonyl (C=O) groups is 1. The number of anilines is 1. The van der Waals surface area contributed by atoms with Crippen LogP contribution in [0.15, 0.2) is 200 Å². The number of aromatic amines is 3. The van der Waals surface area contributed by atoms with E-state index in [0.29, 0.717) is 43.8 Å². The van der Waals surface area contributed by atoms with Crippen LogP contribution >= 0.6 is 34.8 Å². The summed E-state index contributed by atoms with van der Waals surface area (Å²) in [6, 6.07) is 62.4. The highest BCUT2D eigenvalue weighted by Gasteiger charge is 2.14. The molecule has 0 fully saturated rings. The Balaban J connectivity index is 0.000000139. The van der Waals surface area contributed by atoms with Crippen LogP contribution in [0.5, 0.6) is 0 Å². The summed E-state index contributed by atoms with van der Waals surface area (Å²) in [6.07, 6.45) is 0.604. The quantitative estimate of drug-likeness (QED) is 0.0781. The Kier molecular flexibility index (Phi) is 17.3. The molecule has 0 aliphatic carbocycles. The fourth-order valence-electron chi connectivity index (χ4n) is 8.89. The second-order valence-electron chi connectivity index (χ2n) is 19.0. The number of carbonyl (C=O) groups excluding carboxylic acids is 1. The molecular weight excluding hydrogens is 1120 g/mol. The molecule has 9 aromatic carbocycles. The molecule has 0 aliphatic rings. The molecule has 0 aliphatic heterocycles. The van der Waals surface area contributed by atoms with Gasteiger partial charge in [0.25, 0.3) is 0 Å². The average Bonchev–Trinajstić information content (AvgIpc) is 4.26. The maximum Gasteiger partial charge on any atom is 0.229 e. The van der Waals surface area contributed by atoms with E-state index in [4.69, 9.17) is 34.8 Å². The lowest BCUT2D eigenvalue weighted by molar-refractivity contribution is 0.101. The smallest absolute Gasteiger partial charge is 0.229 e. The summed E-state index contributed by atoms with van der Waals surface area (Å²) in [4.78, 5) is 35.2. The number of ketones is 1. The number of fused-ring (bicyclic) bond motifs is 3. The number of rotatable bonds is 7. The summed E-state index contributed by atoms with van der Waals surface area (Å²) >= 11 is 17.7. The Hall–Kier alpha value is -9.68. The number of halogens is 3. The Labute approximate surface area is 494 Å². The van der Waals surface area contributed by atoms with Crippen molar-refractivity contribution in [3.8, 4) is 68.9 Å². The number of imidazole rings is 3. The van der Waals surface area contributed by atoms with E-state index in [2.05, 4.69) is 70.1 Å². The monoisotopic (exact) mass is 1160 g/mol. The molecule has 1 unspecified atom stereocenters. The van der Waals surface area contributed by atoms with Crippen molar-refractivity contribution in [1.29, 1.82) is 0 Å². The van der Waals surface area contributed by atoms with Gasteiger partial charge in [0.05, 0.1) is 51.1 Å². The van der Waals surface area contributed by atoms with Crippen molar-refractivity contribution >= 4 is 89.4 Å². The van der Waals surface area contributed by atoms with E-state index in [1.807, 2.05) is 176 Å². The van der Waals surface area contributed by atoms with Crippen molar-refractivity contribution in [2.45, 2.75) is 20.0 Å². The number of hydrogen-bond donors (Lipinski definition) is 5. The Morgan fingerprint density at radius 2 is 0.843 bits per heavy atom. The van der Waals surface area contributed by atoms with Crippen LogP contribution in [-0.2, 0) is 10.0 Å². The minimum atomic E-state index is -3.38. The summed E-state index contributed by atoms with van der Waals surface area (Å²) in [5.41, 5.74) is 15.4. The number of aliphatic hydroxyl groups excluding tert-OH is 1. The first-order chi connectivity index (χ1) is 40.1. The van der Waals surface area contributed by atoms with Gasteiger partial charge in [-0.25, -0.2) is 23.4 Å². The maximum atomic E-state index is 11.9. The van der Waals surface area contributed by atoms with Crippen LogP contribution in [0.25, 0.3) is 66.5 Å². The van der Waals surface area contributed by atoms with Crippen molar-refractivity contribution in [1.82, 2.24) is 29.9 Å². The first kappa shape index (κ1) is 56.6. The van der Waals surface area contributed by atoms with Gasteiger partial charge in [0.15, 0.2) is 23.3 Å². The molecule has 11 nitrogen and oxygen atoms in total. The predicted molar refractivity (Wildman–Crippen MR) is 336 cm³/mol. The Morgan fingerprint density at radius 1 is 0.482 bits per heavy atom. The second kappa shape index (κ2) is 25.4. The zero-order chi connectivity index (χ0) is 58.0. The first-order valence-corrected chi connectivity index (χ1v) is 28.9. The van der Waals surface area contributed by atoms with E-state index < -0.39 is 16.1 Å². The second-order valence-corrected chi connectivity index (χ2v) is 22.1. The number of sulfonamides is 1. The van der Waals surface area contributed by atoms with E-state index in [-0.39, 0.29) is 5.78 Å². The van der Waals surface area contributed by atoms with Crippen molar-refractivity contribution in [3.63, 3.8) is 0 Å². The van der Waals surface area contributed by atoms with Crippen molar-refractivity contribution in [2.75, 3.05) is 11.0 Å². The largest absolute Gasteiger partial charge is 0.389 e. The van der Waals surface area contributed by atoms with Crippen LogP contribution in [0.2, 0.25) is 15.1 Å². The minimum Gasteiger partial charge on any atom is -0.389 e. The lowest BCUT2D eigenvalue weighted by Gasteiger charge is -2.11. The van der Waals surface area contributed by atoms with E-state index in [1.165, 1.54) is 0 Å². The number of benzene rings is 9. The fourth-order valence-corrected chi connectivity index (χ4v) is 9.85. The third-order valence-corrected chi connectivity index (χ3v) is 14.2. The molecule has 3 heterocycles. The average molecular weight is 1170 g/mol. The highest BCUT2D eigenvalue weighted by Crippen LogP contribution is 2.32. The van der Waals surface area contributed by atoms with Crippen LogP contribution in [0.4, 0.5) is 5.69 Å². The van der Waals surface area contributed by atoms with Gasteiger partial charge in [-0.05, 0) is 180 Å². The Morgan fingerprint density at radius 3 is 1.25 bits per heavy atom. The summed E-state index contributed by atoms with van der Waals surface area (Å²) in [5.74, 6) is 20.1. The van der Waals surface area contributed by atoms with Gasteiger partial charge in [0.1, 0.15) is 0 Å². The third-order valence-electron chi connectivity index (χ3n) is 12.8. The summed E-state index contributed by atoms with van der Waals surface area (Å²) < 4.78 is 25.9. The van der Waals surface area contributed by atoms with Crippen LogP contribution in [-0.4, -0.2) is 55.5 Å². The molecule has 0 amide bonds. The molecule has 406 valence electrons. The molecule has 0 saturated heterocycles. The van der Waals surface area contributed by atoms with E-state index in [9.17, 15) is 18.3 Å². The van der Waals surface area contributed by atoms with Gasteiger partial charge in [0, 0.05) is 42.9 Å². The number of aromatic nitrogens is 6. The lowest BCUT2D eigenvalue weighted by Crippen LogP contribution is -2.10. The predicted octanol–water partition coefficient (Wildman–Crippen LogP) is 15.5. The highest BCUT2D eigenvalue weighted by molar-refractivity contribution is 7.92. The number of Topliss-reactive ketones (excluding diaryl/α,β-unsaturated/α-hetero) is 1. The summed E-state index contributed by atoms with van der Waals surface area (Å²) in [5, 5.41) is 12.1. The van der Waals surface area contributed by atoms with E-state index in [0.717, 1.165) is 95.0 Å². The number of aliphatic hydroxyl groups is 1. The van der Waals surface area contributed by atoms with Crippen LogP contribution in [0.1, 0.15) is 70.0 Å². The van der Waals surface area contributed by atoms with Gasteiger partial charge >= 0.3 is 0 Å². The van der Waals surface area contributed by atoms with Crippen LogP contribution in [0.3, 0.4) is 0 Å². The third kappa shape index (κ3) is 14.6. The normalized spacial score (nSPS) is 11.1. The van der Waals surface area contributed by atoms with Crippen LogP contribution < -0.4 is 4.72 Å². The number of nitrogens with one attached hydrogen (secondary N) is 4. The first-order valence-electron chi connectivity index (χ1n) is 25.8. The lowest BCUT2D eigenvalue weighted by atomic mass is 9.96. The number of H-pyrrole nitrogens is 3. The Bertz CT molecular complexity index is 4690. The van der Waals surface area contributed by atoms with Gasteiger partial charge in [-0.15, -0.1) is 0 Å². The SMILES string of the molecule is CC(=O)c1ccccc1-c1ccc2nc(C#Cc3ccc(Cl)cc3)[nH]c2c1.CC(O)c1ccccc1-c1ccc2nc(C#Cc3ccc(Cl)cc3)[nH]c2c1.CS(=O)(=O)Nc1ccccc1-c1ccc2nc(C#Cc3ccc(Cl)cc3)[nH]c2c1. The van der Waals surface area contributed by atoms with Gasteiger partial charge in [-0.2, -0.15) is 0 Å². The number of para-hydroxylation sites is 1. The molecule has 0 bridgehead atoms. The van der Waals surface area contributed by atoms with Gasteiger partial charge in [-0.3, -0.25) is 9.52 Å². The number of nitrogens with zero attached hydrogens (tertiary/aromatic N) is 3. The molecule has 12 aromatic rings. The van der Waals surface area contributed by atoms with Gasteiger partial charge in [-0.1, -0.05) is 137 Å². The van der Waals surface area contributed by atoms with Crippen molar-refractivity contribution < 1.29 is 18.3 Å². The molecule has 0 saturated carbocycles. The fraction of sp³-hybridized carbons (Fsp3) is 0.0588. The van der Waals surface area contributed by atoms with E-state index >= 15 is 0 Å². The minimum absolute atomic E-state index is 0.0461. The van der Waals surface area contributed by atoms with E-state index in [1.54, 1.807) is 38.1 Å². The molecule has 15 heteroatoms. The highest BCUT2D eigenvalue weighted by atomic mass is 35.5. The van der Waals surface area contributed by atoms with Crippen molar-refractivity contribution in [2.24, 2.45) is 0 Å². The molecular formula is C68H48Cl3N7O4S. The molecule has 0 spiro atoms. The molecule has 0 radical (unpaired) electrons. The summed E-state index contributed by atoms with van der Waals surface area (Å²) in [7, 11) is -3.38. The summed E-state index contributed by atoms with van der Waals surface area (Å²) in [6.45, 7) is 3.36. The zero-order valence-corrected chi connectivity index (χ0v) is 47.8. The van der Waals surface area contributed by atoms with Crippen molar-refractivity contribution in [3.05, 3.63) is 261 Å². The maximum absolute atomic E-state index is 11.9. The molecule has 5 N–H and O–H groups in total. The molecule has 12 rings (SSSR count). The van der Waals surface area contributed by atoms with Crippen LogP contribution in [0, 0.1) is 35.5 Å². The zero-order valence-electron chi connectivity index (χ0n) is 44.7. The molecule has 3 aromatic heterocycles. The number of hydrogen-bond acceptors (Lipinski definition) is 7. The molecule has 1 atom stereocenters. The standard InChI is InChI=1S/C23H17ClN2O.C23H15ClN2O.C22H16ClN3O2S/c2*1-15(27)19-4-2-3-5-20(19)17-9-12-21-22(14-17)26-23(25-21)13-8-16-6-10-18(24)11-7-16;1-29(27,28)26-19-5-3-2-4-18(19)16-9-12-20-21(14-16)25-22(24-20)13-8-15-6-10-17(23)11-7-15/h2-7,9-12,14-15,27H,1H3,(H,25,26);2-7,9-12,14H,1H3,(H,25,26);2-7,9-12,14,26H,1H3,(H,24,25). The van der Waals surface area contributed by atoms with Gasteiger partial charge in [0.2, 0.25) is 10.0 Å². The van der Waals surface area contributed by atoms with Gasteiger partial charge < -0.3 is 20.1 Å². The topological polar surface area (TPSA) is 170 Å². The molecule has 83 heavy (non-hydrogen) atoms.